The van der Waals surface area contributed by atoms with Gasteiger partial charge in [-0.2, -0.15) is 0 Å². The van der Waals surface area contributed by atoms with Gasteiger partial charge in [0, 0.05) is 11.3 Å². The summed E-state index contributed by atoms with van der Waals surface area (Å²) in [5.74, 6) is 1.86. The summed E-state index contributed by atoms with van der Waals surface area (Å²) < 4.78 is 5.87. The summed E-state index contributed by atoms with van der Waals surface area (Å²) in [5.41, 5.74) is 2.30. The Labute approximate surface area is 229 Å². The molecule has 0 radical (unpaired) electrons. The van der Waals surface area contributed by atoms with E-state index in [0.717, 1.165) is 5.56 Å². The fourth-order valence-corrected chi connectivity index (χ4v) is 5.32. The summed E-state index contributed by atoms with van der Waals surface area (Å²) in [6.07, 6.45) is 1.38. The monoisotopic (exact) mass is 547 g/mol. The Kier molecular flexibility index (Phi) is 5.60. The molecule has 1 aliphatic heterocycles. The average Bonchev–Trinajstić information content (AvgIpc) is 3.65. The van der Waals surface area contributed by atoms with Gasteiger partial charge in [-0.1, -0.05) is 18.2 Å². The van der Waals surface area contributed by atoms with Crippen LogP contribution in [0.15, 0.2) is 85.2 Å². The predicted molar refractivity (Wildman–Crippen MR) is 149 cm³/mol. The number of tetrazole rings is 1. The summed E-state index contributed by atoms with van der Waals surface area (Å²) in [7, 11) is 0. The molecule has 3 aromatic heterocycles. The quantitative estimate of drug-likeness (QED) is 0.244. The first kappa shape index (κ1) is 23.4. The number of urea groups is 1. The second-order valence-corrected chi connectivity index (χ2v) is 9.64. The van der Waals surface area contributed by atoms with Gasteiger partial charge >= 0.3 is 6.03 Å². The molecule has 0 fully saturated rings. The molecule has 3 amide bonds. The number of para-hydroxylation sites is 1. The summed E-state index contributed by atoms with van der Waals surface area (Å²) in [4.78, 5) is 37.7. The van der Waals surface area contributed by atoms with Gasteiger partial charge in [-0.05, 0) is 71.1 Å². The highest BCUT2D eigenvalue weighted by atomic mass is 32.1. The smallest absolute Gasteiger partial charge is 0.332 e. The second-order valence-electron chi connectivity index (χ2n) is 8.64. The number of H-pyrrole nitrogens is 1. The van der Waals surface area contributed by atoms with Crippen LogP contribution in [0.3, 0.4) is 0 Å². The van der Waals surface area contributed by atoms with Crippen molar-refractivity contribution < 1.29 is 14.3 Å². The number of nitrogens with zero attached hydrogens (tertiary/aromatic N) is 6. The standard InChI is InChI=1S/C27H17N9O3S/c37-25(30-16-8-6-15(7-9-16)23-32-34-35-33-23)22-21-20-24(28-14-29-26(20)40-22)36(27(38)31-21)17-10-12-19(13-11-17)39-18-4-2-1-3-5-18/h1-14H,(H,30,37)(H,31,38)(H,32,33,34,35). The molecular formula is C27H17N9O3S. The maximum absolute atomic E-state index is 13.3. The van der Waals surface area contributed by atoms with Crippen molar-refractivity contribution >= 4 is 56.4 Å². The van der Waals surface area contributed by atoms with Crippen LogP contribution in [0.25, 0.3) is 21.6 Å². The number of hydrogen-bond acceptors (Lipinski definition) is 9. The van der Waals surface area contributed by atoms with Crippen molar-refractivity contribution in [2.75, 3.05) is 15.5 Å². The second kappa shape index (κ2) is 9.56. The molecule has 0 atom stereocenters. The van der Waals surface area contributed by atoms with Crippen LogP contribution in [0.1, 0.15) is 9.67 Å². The average molecular weight is 548 g/mol. The van der Waals surface area contributed by atoms with Crippen LogP contribution < -0.4 is 20.3 Å². The van der Waals surface area contributed by atoms with Crippen LogP contribution in [0.5, 0.6) is 11.5 Å². The Morgan fingerprint density at radius 1 is 0.925 bits per heavy atom. The lowest BCUT2D eigenvalue weighted by atomic mass is 10.2. The van der Waals surface area contributed by atoms with E-state index in [1.54, 1.807) is 48.5 Å². The van der Waals surface area contributed by atoms with Crippen molar-refractivity contribution in [3.8, 4) is 22.9 Å². The molecule has 0 aliphatic carbocycles. The summed E-state index contributed by atoms with van der Waals surface area (Å²) >= 11 is 1.18. The maximum atomic E-state index is 13.3. The summed E-state index contributed by atoms with van der Waals surface area (Å²) in [6.45, 7) is 0. The number of nitrogens with one attached hydrogen (secondary N) is 3. The Balaban J connectivity index is 1.17. The van der Waals surface area contributed by atoms with Crippen molar-refractivity contribution in [3.05, 3.63) is 90.1 Å². The van der Waals surface area contributed by atoms with E-state index in [4.69, 9.17) is 4.74 Å². The molecule has 1 aliphatic rings. The van der Waals surface area contributed by atoms with E-state index in [0.29, 0.717) is 55.3 Å². The molecule has 0 unspecified atom stereocenters. The van der Waals surface area contributed by atoms with E-state index in [-0.39, 0.29) is 5.91 Å². The van der Waals surface area contributed by atoms with Crippen LogP contribution in [-0.2, 0) is 0 Å². The summed E-state index contributed by atoms with van der Waals surface area (Å²) in [5, 5.41) is 20.0. The highest BCUT2D eigenvalue weighted by Gasteiger charge is 2.33. The molecule has 0 saturated carbocycles. The van der Waals surface area contributed by atoms with Crippen molar-refractivity contribution in [1.82, 2.24) is 30.6 Å². The van der Waals surface area contributed by atoms with Crippen molar-refractivity contribution in [1.29, 1.82) is 0 Å². The molecule has 6 aromatic rings. The van der Waals surface area contributed by atoms with E-state index in [1.165, 1.54) is 22.6 Å². The lowest BCUT2D eigenvalue weighted by Crippen LogP contribution is -2.35. The fourth-order valence-electron chi connectivity index (χ4n) is 4.33. The van der Waals surface area contributed by atoms with Gasteiger partial charge in [0.2, 0.25) is 0 Å². The highest BCUT2D eigenvalue weighted by Crippen LogP contribution is 2.45. The Bertz CT molecular complexity index is 1860. The minimum Gasteiger partial charge on any atom is -0.457 e. The first-order valence-corrected chi connectivity index (χ1v) is 12.8. The lowest BCUT2D eigenvalue weighted by molar-refractivity contribution is 0.103. The predicted octanol–water partition coefficient (Wildman–Crippen LogP) is 5.60. The van der Waals surface area contributed by atoms with Crippen LogP contribution in [0.2, 0.25) is 0 Å². The number of thiophene rings is 1. The minimum absolute atomic E-state index is 0.319. The van der Waals surface area contributed by atoms with Gasteiger partial charge in [0.15, 0.2) is 11.6 Å². The molecule has 7 rings (SSSR count). The third kappa shape index (κ3) is 4.16. The molecule has 3 aromatic carbocycles. The molecule has 194 valence electrons. The molecule has 40 heavy (non-hydrogen) atoms. The van der Waals surface area contributed by atoms with E-state index in [1.807, 2.05) is 30.3 Å². The zero-order valence-corrected chi connectivity index (χ0v) is 21.2. The number of rotatable bonds is 6. The number of carbonyl (C=O) groups is 2. The Morgan fingerprint density at radius 2 is 1.70 bits per heavy atom. The van der Waals surface area contributed by atoms with E-state index < -0.39 is 6.03 Å². The van der Waals surface area contributed by atoms with Gasteiger partial charge in [-0.3, -0.25) is 4.79 Å². The van der Waals surface area contributed by atoms with E-state index in [2.05, 4.69) is 41.2 Å². The van der Waals surface area contributed by atoms with Crippen LogP contribution in [0, 0.1) is 0 Å². The Hall–Kier alpha value is -5.69. The van der Waals surface area contributed by atoms with Gasteiger partial charge in [-0.25, -0.2) is 24.8 Å². The van der Waals surface area contributed by atoms with Gasteiger partial charge in [0.1, 0.15) is 27.5 Å². The number of anilines is 4. The largest absolute Gasteiger partial charge is 0.457 e. The molecule has 0 spiro atoms. The van der Waals surface area contributed by atoms with Gasteiger partial charge in [-0.15, -0.1) is 16.4 Å². The zero-order valence-electron chi connectivity index (χ0n) is 20.4. The van der Waals surface area contributed by atoms with E-state index in [9.17, 15) is 9.59 Å². The fraction of sp³-hybridized carbons (Fsp3) is 0. The third-order valence-corrected chi connectivity index (χ3v) is 7.25. The SMILES string of the molecule is O=C(Nc1ccc(-c2nnn[nH]2)cc1)c1sc2ncnc3c2c1NC(=O)N3c1ccc(Oc2ccccc2)cc1. The molecule has 12 nitrogen and oxygen atoms in total. The first-order chi connectivity index (χ1) is 19.6. The number of ether oxygens (including phenoxy) is 1. The van der Waals surface area contributed by atoms with Gasteiger partial charge in [0.25, 0.3) is 5.91 Å². The number of carbonyl (C=O) groups excluding carboxylic acids is 2. The minimum atomic E-state index is -0.443. The van der Waals surface area contributed by atoms with Crippen LogP contribution in [-0.4, -0.2) is 42.5 Å². The summed E-state index contributed by atoms with van der Waals surface area (Å²) in [6, 6.07) is 23.1. The molecule has 13 heteroatoms. The topological polar surface area (TPSA) is 151 Å². The van der Waals surface area contributed by atoms with Crippen LogP contribution >= 0.6 is 11.3 Å². The highest BCUT2D eigenvalue weighted by molar-refractivity contribution is 7.21. The lowest BCUT2D eigenvalue weighted by Gasteiger charge is -2.27. The zero-order chi connectivity index (χ0) is 27.1. The molecular weight excluding hydrogens is 530 g/mol. The van der Waals surface area contributed by atoms with E-state index >= 15 is 0 Å². The Morgan fingerprint density at radius 3 is 2.45 bits per heavy atom. The number of aromatic amines is 1. The number of amides is 3. The number of hydrogen-bond donors (Lipinski definition) is 3. The van der Waals surface area contributed by atoms with Gasteiger partial charge in [0.05, 0.1) is 16.8 Å². The van der Waals surface area contributed by atoms with Crippen molar-refractivity contribution in [2.24, 2.45) is 0 Å². The molecule has 0 saturated heterocycles. The normalized spacial score (nSPS) is 12.3. The molecule has 0 bridgehead atoms. The van der Waals surface area contributed by atoms with Gasteiger partial charge < -0.3 is 15.4 Å². The maximum Gasteiger partial charge on any atom is 0.332 e. The first-order valence-electron chi connectivity index (χ1n) is 12.0. The third-order valence-electron chi connectivity index (χ3n) is 6.16. The molecule has 3 N–H and O–H groups in total. The molecule has 4 heterocycles. The number of benzene rings is 3. The number of aromatic nitrogens is 6. The van der Waals surface area contributed by atoms with Crippen LogP contribution in [0.4, 0.5) is 27.7 Å². The van der Waals surface area contributed by atoms with Crippen molar-refractivity contribution in [2.45, 2.75) is 0 Å². The van der Waals surface area contributed by atoms with Crippen molar-refractivity contribution in [3.63, 3.8) is 0 Å².